The molecule has 1 unspecified atom stereocenters. The Hall–Kier alpha value is -2.02. The van der Waals surface area contributed by atoms with E-state index in [0.29, 0.717) is 18.4 Å². The van der Waals surface area contributed by atoms with Crippen LogP contribution in [0.25, 0.3) is 0 Å². The monoisotopic (exact) mass is 354 g/mol. The number of hydrogen-bond donors (Lipinski definition) is 3. The van der Waals surface area contributed by atoms with E-state index in [2.05, 4.69) is 10.6 Å². The molecule has 0 radical (unpaired) electrons. The summed E-state index contributed by atoms with van der Waals surface area (Å²) in [5.74, 6) is -1.93. The molecule has 0 aromatic heterocycles. The number of halogens is 2. The van der Waals surface area contributed by atoms with Gasteiger partial charge in [0.2, 0.25) is 11.8 Å². The molecule has 0 bridgehead atoms. The zero-order valence-corrected chi connectivity index (χ0v) is 14.2. The molecule has 1 aromatic carbocycles. The number of hydrogen-bond acceptors (Lipinski definition) is 3. The van der Waals surface area contributed by atoms with Crippen LogP contribution in [0.5, 0.6) is 0 Å². The molecule has 2 rings (SSSR count). The molecule has 2 amide bonds. The molecule has 7 heteroatoms. The van der Waals surface area contributed by atoms with E-state index in [0.717, 1.165) is 0 Å². The van der Waals surface area contributed by atoms with Gasteiger partial charge in [0.1, 0.15) is 11.5 Å². The van der Waals surface area contributed by atoms with Crippen LogP contribution in [0.15, 0.2) is 24.3 Å². The summed E-state index contributed by atoms with van der Waals surface area (Å²) in [7, 11) is 0. The van der Waals surface area contributed by atoms with E-state index < -0.39 is 29.9 Å². The highest BCUT2D eigenvalue weighted by molar-refractivity contribution is 5.83. The van der Waals surface area contributed by atoms with Gasteiger partial charge in [0, 0.05) is 18.9 Å². The minimum Gasteiger partial charge on any atom is -0.395 e. The molecule has 3 N–H and O–H groups in total. The van der Waals surface area contributed by atoms with Crippen LogP contribution in [-0.4, -0.2) is 41.8 Å². The predicted molar refractivity (Wildman–Crippen MR) is 89.1 cm³/mol. The molecule has 25 heavy (non-hydrogen) atoms. The van der Waals surface area contributed by atoms with Gasteiger partial charge < -0.3 is 15.7 Å². The second kappa shape index (κ2) is 8.38. The van der Waals surface area contributed by atoms with Crippen molar-refractivity contribution in [3.63, 3.8) is 0 Å². The summed E-state index contributed by atoms with van der Waals surface area (Å²) >= 11 is 0. The summed E-state index contributed by atoms with van der Waals surface area (Å²) in [6, 6.07) is 5.04. The fourth-order valence-corrected chi connectivity index (χ4v) is 3.10. The van der Waals surface area contributed by atoms with Crippen molar-refractivity contribution in [1.82, 2.24) is 10.6 Å². The van der Waals surface area contributed by atoms with Gasteiger partial charge in [-0.1, -0.05) is 19.1 Å². The third-order valence-electron chi connectivity index (χ3n) is 4.59. The van der Waals surface area contributed by atoms with Crippen molar-refractivity contribution >= 4 is 11.8 Å². The number of carbonyl (C=O) groups is 2. The first kappa shape index (κ1) is 19.3. The molecular formula is C18H24F2N2O3. The summed E-state index contributed by atoms with van der Waals surface area (Å²) < 4.78 is 27.8. The lowest BCUT2D eigenvalue weighted by Crippen LogP contribution is -2.42. The minimum absolute atomic E-state index is 0.116. The molecule has 1 aliphatic rings. The summed E-state index contributed by atoms with van der Waals surface area (Å²) in [6.45, 7) is 1.10. The summed E-state index contributed by atoms with van der Waals surface area (Å²) in [5, 5.41) is 14.8. The van der Waals surface area contributed by atoms with Gasteiger partial charge in [-0.3, -0.25) is 9.59 Å². The van der Waals surface area contributed by atoms with E-state index in [4.69, 9.17) is 0 Å². The zero-order valence-electron chi connectivity index (χ0n) is 14.2. The average molecular weight is 354 g/mol. The van der Waals surface area contributed by atoms with Crippen molar-refractivity contribution in [3.8, 4) is 0 Å². The summed E-state index contributed by atoms with van der Waals surface area (Å²) in [4.78, 5) is 23.7. The van der Waals surface area contributed by atoms with Gasteiger partial charge in [-0.05, 0) is 30.5 Å². The third kappa shape index (κ3) is 5.22. The Balaban J connectivity index is 1.90. The van der Waals surface area contributed by atoms with Crippen LogP contribution in [0.2, 0.25) is 0 Å². The number of aliphatic hydroxyl groups is 1. The van der Waals surface area contributed by atoms with E-state index in [1.54, 1.807) is 6.92 Å². The van der Waals surface area contributed by atoms with Crippen molar-refractivity contribution in [3.05, 3.63) is 35.6 Å². The maximum Gasteiger partial charge on any atom is 0.229 e. The van der Waals surface area contributed by atoms with Crippen molar-refractivity contribution in [2.75, 3.05) is 13.2 Å². The number of amides is 2. The smallest absolute Gasteiger partial charge is 0.229 e. The maximum atomic E-state index is 14.8. The molecule has 5 nitrogen and oxygen atoms in total. The molecule has 0 spiro atoms. The Morgan fingerprint density at radius 1 is 1.36 bits per heavy atom. The molecule has 3 atom stereocenters. The van der Waals surface area contributed by atoms with Crippen LogP contribution in [0.4, 0.5) is 8.78 Å². The quantitative estimate of drug-likeness (QED) is 0.699. The van der Waals surface area contributed by atoms with E-state index in [9.17, 15) is 23.5 Å². The highest BCUT2D eigenvalue weighted by Crippen LogP contribution is 2.33. The van der Waals surface area contributed by atoms with Crippen LogP contribution < -0.4 is 10.6 Å². The van der Waals surface area contributed by atoms with Gasteiger partial charge in [0.25, 0.3) is 0 Å². The number of rotatable bonds is 7. The van der Waals surface area contributed by atoms with Gasteiger partial charge in [-0.25, -0.2) is 8.78 Å². The normalized spacial score (nSPS) is 23.9. The fourth-order valence-electron chi connectivity index (χ4n) is 3.10. The van der Waals surface area contributed by atoms with Crippen LogP contribution >= 0.6 is 0 Å². The first-order chi connectivity index (χ1) is 11.9. The lowest BCUT2D eigenvalue weighted by molar-refractivity contribution is -0.124. The van der Waals surface area contributed by atoms with Crippen LogP contribution in [0, 0.1) is 5.82 Å². The minimum atomic E-state index is -1.58. The van der Waals surface area contributed by atoms with Crippen molar-refractivity contribution < 1.29 is 23.5 Å². The number of carbonyl (C=O) groups excluding carboxylic acids is 2. The molecule has 138 valence electrons. The molecule has 1 saturated carbocycles. The van der Waals surface area contributed by atoms with Crippen LogP contribution in [0.1, 0.15) is 44.1 Å². The van der Waals surface area contributed by atoms with E-state index >= 15 is 0 Å². The number of alkyl halides is 1. The SMILES string of the molecule is CCC(=O)N[C@@H]1CC[C@](F)(CNC(=O)C(CO)c2ccc(F)cc2)C1. The Kier molecular flexibility index (Phi) is 6.47. The molecule has 0 aliphatic heterocycles. The van der Waals surface area contributed by atoms with Gasteiger partial charge >= 0.3 is 0 Å². The van der Waals surface area contributed by atoms with Crippen molar-refractivity contribution in [2.24, 2.45) is 0 Å². The zero-order chi connectivity index (χ0) is 18.4. The second-order valence-corrected chi connectivity index (χ2v) is 6.52. The van der Waals surface area contributed by atoms with E-state index in [-0.39, 0.29) is 31.3 Å². The molecule has 1 fully saturated rings. The van der Waals surface area contributed by atoms with Crippen molar-refractivity contribution in [2.45, 2.75) is 50.2 Å². The molecule has 0 saturated heterocycles. The molecular weight excluding hydrogens is 330 g/mol. The summed E-state index contributed by atoms with van der Waals surface area (Å²) in [6.07, 6.45) is 1.28. The van der Waals surface area contributed by atoms with Gasteiger partial charge in [-0.15, -0.1) is 0 Å². The number of aliphatic hydroxyl groups excluding tert-OH is 1. The molecule has 1 aromatic rings. The van der Waals surface area contributed by atoms with E-state index in [1.807, 2.05) is 0 Å². The lowest BCUT2D eigenvalue weighted by Gasteiger charge is -2.22. The Labute approximate surface area is 145 Å². The first-order valence-electron chi connectivity index (χ1n) is 8.49. The summed E-state index contributed by atoms with van der Waals surface area (Å²) in [5.41, 5.74) is -1.11. The Morgan fingerprint density at radius 3 is 2.64 bits per heavy atom. The Bertz CT molecular complexity index is 609. The van der Waals surface area contributed by atoms with Gasteiger partial charge in [-0.2, -0.15) is 0 Å². The molecule has 1 aliphatic carbocycles. The highest BCUT2D eigenvalue weighted by Gasteiger charge is 2.40. The second-order valence-electron chi connectivity index (χ2n) is 6.52. The van der Waals surface area contributed by atoms with E-state index in [1.165, 1.54) is 24.3 Å². The van der Waals surface area contributed by atoms with Crippen LogP contribution in [-0.2, 0) is 9.59 Å². The largest absolute Gasteiger partial charge is 0.395 e. The first-order valence-corrected chi connectivity index (χ1v) is 8.49. The fraction of sp³-hybridized carbons (Fsp3) is 0.556. The number of nitrogens with one attached hydrogen (secondary N) is 2. The molecule has 0 heterocycles. The van der Waals surface area contributed by atoms with Crippen molar-refractivity contribution in [1.29, 1.82) is 0 Å². The Morgan fingerprint density at radius 2 is 2.04 bits per heavy atom. The van der Waals surface area contributed by atoms with Gasteiger partial charge in [0.15, 0.2) is 0 Å². The predicted octanol–water partition coefficient (Wildman–Crippen LogP) is 1.80. The van der Waals surface area contributed by atoms with Crippen LogP contribution in [0.3, 0.4) is 0 Å². The average Bonchev–Trinajstić information content (AvgIpc) is 2.96. The maximum absolute atomic E-state index is 14.8. The third-order valence-corrected chi connectivity index (χ3v) is 4.59. The van der Waals surface area contributed by atoms with Gasteiger partial charge in [0.05, 0.1) is 19.1 Å². The lowest BCUT2D eigenvalue weighted by atomic mass is 9.98. The standard InChI is InChI=1S/C18H24F2N2O3/c1-2-16(24)22-14-7-8-18(20,9-14)11-21-17(25)15(10-23)12-3-5-13(19)6-4-12/h3-6,14-15,23H,2,7-11H2,1H3,(H,21,25)(H,22,24)/t14-,15?,18-/m1/s1. The highest BCUT2D eigenvalue weighted by atomic mass is 19.1. The number of benzene rings is 1. The topological polar surface area (TPSA) is 78.4 Å².